The minimum absolute atomic E-state index is 0.119. The van der Waals surface area contributed by atoms with Crippen molar-refractivity contribution in [1.82, 2.24) is 9.38 Å². The van der Waals surface area contributed by atoms with E-state index in [0.717, 1.165) is 22.6 Å². The van der Waals surface area contributed by atoms with Crippen LogP contribution in [0.4, 0.5) is 10.1 Å². The second-order valence-corrected chi connectivity index (χ2v) is 6.26. The molecule has 0 saturated carbocycles. The van der Waals surface area contributed by atoms with Crippen LogP contribution in [0, 0.1) is 5.82 Å². The number of nitrogens with one attached hydrogen (secondary N) is 1. The van der Waals surface area contributed by atoms with Crippen molar-refractivity contribution in [3.8, 4) is 11.3 Å². The molecular formula is C22H18FN3O. The average molecular weight is 359 g/mol. The van der Waals surface area contributed by atoms with Gasteiger partial charge in [0.15, 0.2) is 0 Å². The van der Waals surface area contributed by atoms with Crippen molar-refractivity contribution in [3.63, 3.8) is 0 Å². The third kappa shape index (κ3) is 3.72. The van der Waals surface area contributed by atoms with E-state index in [1.807, 2.05) is 59.1 Å². The van der Waals surface area contributed by atoms with Gasteiger partial charge in [0.1, 0.15) is 11.5 Å². The first-order valence-corrected chi connectivity index (χ1v) is 8.77. The minimum Gasteiger partial charge on any atom is -0.326 e. The zero-order chi connectivity index (χ0) is 18.6. The quantitative estimate of drug-likeness (QED) is 0.561. The van der Waals surface area contributed by atoms with E-state index in [1.54, 1.807) is 12.1 Å². The number of rotatable bonds is 5. The molecule has 0 spiro atoms. The number of pyridine rings is 1. The zero-order valence-electron chi connectivity index (χ0n) is 14.6. The predicted octanol–water partition coefficient (Wildman–Crippen LogP) is 4.71. The van der Waals surface area contributed by atoms with Crippen molar-refractivity contribution in [1.29, 1.82) is 0 Å². The molecule has 4 nitrogen and oxygen atoms in total. The number of imidazole rings is 1. The van der Waals surface area contributed by atoms with Crippen molar-refractivity contribution in [2.24, 2.45) is 0 Å². The van der Waals surface area contributed by atoms with Gasteiger partial charge in [-0.2, -0.15) is 0 Å². The van der Waals surface area contributed by atoms with Crippen LogP contribution in [-0.2, 0) is 11.2 Å². The van der Waals surface area contributed by atoms with E-state index in [-0.39, 0.29) is 11.7 Å². The molecule has 5 heteroatoms. The molecule has 0 aliphatic carbocycles. The van der Waals surface area contributed by atoms with Gasteiger partial charge in [-0.15, -0.1) is 0 Å². The second-order valence-electron chi connectivity index (χ2n) is 6.26. The summed E-state index contributed by atoms with van der Waals surface area (Å²) >= 11 is 0. The predicted molar refractivity (Wildman–Crippen MR) is 104 cm³/mol. The van der Waals surface area contributed by atoms with Gasteiger partial charge in [-0.05, 0) is 42.8 Å². The highest BCUT2D eigenvalue weighted by molar-refractivity contribution is 5.90. The summed E-state index contributed by atoms with van der Waals surface area (Å²) in [5.41, 5.74) is 4.34. The van der Waals surface area contributed by atoms with E-state index in [1.165, 1.54) is 12.1 Å². The number of aromatic nitrogens is 2. The van der Waals surface area contributed by atoms with E-state index < -0.39 is 0 Å². The Morgan fingerprint density at radius 3 is 2.48 bits per heavy atom. The normalized spacial score (nSPS) is 10.9. The highest BCUT2D eigenvalue weighted by atomic mass is 19.1. The molecule has 0 aliphatic heterocycles. The van der Waals surface area contributed by atoms with Gasteiger partial charge in [0, 0.05) is 23.9 Å². The van der Waals surface area contributed by atoms with Crippen LogP contribution in [0.15, 0.2) is 79.0 Å². The topological polar surface area (TPSA) is 46.4 Å². The molecule has 4 rings (SSSR count). The Bertz CT molecular complexity index is 1070. The Kier molecular flexibility index (Phi) is 4.66. The molecule has 2 aromatic carbocycles. The molecule has 0 radical (unpaired) electrons. The minimum atomic E-state index is -0.328. The van der Waals surface area contributed by atoms with Crippen LogP contribution in [0.25, 0.3) is 16.9 Å². The number of benzene rings is 2. The van der Waals surface area contributed by atoms with Gasteiger partial charge >= 0.3 is 0 Å². The Balaban J connectivity index is 1.57. The summed E-state index contributed by atoms with van der Waals surface area (Å²) in [7, 11) is 0. The van der Waals surface area contributed by atoms with Crippen LogP contribution < -0.4 is 5.32 Å². The van der Waals surface area contributed by atoms with Crippen LogP contribution in [0.2, 0.25) is 0 Å². The smallest absolute Gasteiger partial charge is 0.224 e. The summed E-state index contributed by atoms with van der Waals surface area (Å²) in [5, 5.41) is 2.80. The summed E-state index contributed by atoms with van der Waals surface area (Å²) in [6, 6.07) is 21.6. The highest BCUT2D eigenvalue weighted by Crippen LogP contribution is 2.25. The van der Waals surface area contributed by atoms with Gasteiger partial charge in [-0.1, -0.05) is 36.4 Å². The number of halogens is 1. The van der Waals surface area contributed by atoms with Crippen LogP contribution in [0.1, 0.15) is 12.1 Å². The molecule has 134 valence electrons. The third-order valence-electron chi connectivity index (χ3n) is 4.39. The van der Waals surface area contributed by atoms with Crippen LogP contribution in [-0.4, -0.2) is 15.3 Å². The first kappa shape index (κ1) is 17.0. The van der Waals surface area contributed by atoms with Crippen LogP contribution in [0.3, 0.4) is 0 Å². The van der Waals surface area contributed by atoms with E-state index in [9.17, 15) is 9.18 Å². The van der Waals surface area contributed by atoms with Gasteiger partial charge in [-0.3, -0.25) is 4.79 Å². The lowest BCUT2D eigenvalue weighted by molar-refractivity contribution is -0.116. The lowest BCUT2D eigenvalue weighted by Gasteiger charge is -2.07. The molecule has 27 heavy (non-hydrogen) atoms. The summed E-state index contributed by atoms with van der Waals surface area (Å²) in [5.74, 6) is -0.447. The fourth-order valence-corrected chi connectivity index (χ4v) is 3.10. The van der Waals surface area contributed by atoms with Gasteiger partial charge in [0.25, 0.3) is 0 Å². The lowest BCUT2D eigenvalue weighted by atomic mass is 10.1. The Morgan fingerprint density at radius 1 is 0.963 bits per heavy atom. The fraction of sp³-hybridized carbons (Fsp3) is 0.0909. The molecule has 0 unspecified atom stereocenters. The maximum atomic E-state index is 13.0. The summed E-state index contributed by atoms with van der Waals surface area (Å²) in [6.45, 7) is 0. The molecule has 0 aliphatic rings. The van der Waals surface area contributed by atoms with E-state index in [0.29, 0.717) is 18.5 Å². The van der Waals surface area contributed by atoms with E-state index in [4.69, 9.17) is 4.98 Å². The molecule has 1 amide bonds. The number of anilines is 1. The van der Waals surface area contributed by atoms with Crippen molar-refractivity contribution < 1.29 is 9.18 Å². The Morgan fingerprint density at radius 2 is 1.70 bits per heavy atom. The summed E-state index contributed by atoms with van der Waals surface area (Å²) in [6.07, 6.45) is 2.81. The molecular weight excluding hydrogens is 341 g/mol. The molecule has 0 fully saturated rings. The number of hydrogen-bond acceptors (Lipinski definition) is 2. The zero-order valence-corrected chi connectivity index (χ0v) is 14.6. The standard InChI is InChI=1S/C22H18FN3O/c23-17-9-11-18(12-10-17)24-21(27)14-13-19-22(16-6-2-1-3-7-16)25-20-8-4-5-15-26(19)20/h1-12,15H,13-14H2,(H,24,27). The Labute approximate surface area is 156 Å². The number of carbonyl (C=O) groups excluding carboxylic acids is 1. The third-order valence-corrected chi connectivity index (χ3v) is 4.39. The molecule has 0 atom stereocenters. The number of fused-ring (bicyclic) bond motifs is 1. The maximum absolute atomic E-state index is 13.0. The molecule has 1 N–H and O–H groups in total. The highest BCUT2D eigenvalue weighted by Gasteiger charge is 2.15. The Hall–Kier alpha value is -3.47. The fourth-order valence-electron chi connectivity index (χ4n) is 3.10. The molecule has 4 aromatic rings. The first-order chi connectivity index (χ1) is 13.2. The molecule has 2 aromatic heterocycles. The van der Waals surface area contributed by atoms with Gasteiger partial charge in [-0.25, -0.2) is 9.37 Å². The van der Waals surface area contributed by atoms with Gasteiger partial charge in [0.2, 0.25) is 5.91 Å². The van der Waals surface area contributed by atoms with Crippen molar-refractivity contribution in [3.05, 3.63) is 90.5 Å². The van der Waals surface area contributed by atoms with Crippen molar-refractivity contribution >= 4 is 17.2 Å². The average Bonchev–Trinajstić information content (AvgIpc) is 3.07. The van der Waals surface area contributed by atoms with Crippen molar-refractivity contribution in [2.75, 3.05) is 5.32 Å². The van der Waals surface area contributed by atoms with Crippen LogP contribution in [0.5, 0.6) is 0 Å². The molecule has 2 heterocycles. The number of amides is 1. The van der Waals surface area contributed by atoms with Gasteiger partial charge < -0.3 is 9.72 Å². The molecule has 0 bridgehead atoms. The van der Waals surface area contributed by atoms with E-state index >= 15 is 0 Å². The summed E-state index contributed by atoms with van der Waals surface area (Å²) in [4.78, 5) is 17.1. The monoisotopic (exact) mass is 359 g/mol. The van der Waals surface area contributed by atoms with Crippen LogP contribution >= 0.6 is 0 Å². The SMILES string of the molecule is O=C(CCc1c(-c2ccccc2)nc2ccccn12)Nc1ccc(F)cc1. The number of hydrogen-bond donors (Lipinski definition) is 1. The van der Waals surface area contributed by atoms with Crippen molar-refractivity contribution in [2.45, 2.75) is 12.8 Å². The first-order valence-electron chi connectivity index (χ1n) is 8.77. The maximum Gasteiger partial charge on any atom is 0.224 e. The number of nitrogens with zero attached hydrogens (tertiary/aromatic N) is 2. The second kappa shape index (κ2) is 7.41. The van der Waals surface area contributed by atoms with Gasteiger partial charge in [0.05, 0.1) is 11.4 Å². The largest absolute Gasteiger partial charge is 0.326 e. The van der Waals surface area contributed by atoms with E-state index in [2.05, 4.69) is 5.32 Å². The summed E-state index contributed by atoms with van der Waals surface area (Å²) < 4.78 is 15.0. The number of aryl methyl sites for hydroxylation is 1. The lowest BCUT2D eigenvalue weighted by Crippen LogP contribution is -2.13. The number of carbonyl (C=O) groups is 1. The molecule has 0 saturated heterocycles.